The van der Waals surface area contributed by atoms with Crippen LogP contribution < -0.4 is 16.4 Å². The van der Waals surface area contributed by atoms with E-state index in [0.717, 1.165) is 18.7 Å². The van der Waals surface area contributed by atoms with Gasteiger partial charge in [0.25, 0.3) is 5.91 Å². The number of primary amides is 1. The van der Waals surface area contributed by atoms with Crippen LogP contribution in [0.4, 0.5) is 5.69 Å². The van der Waals surface area contributed by atoms with E-state index < -0.39 is 0 Å². The first-order valence-corrected chi connectivity index (χ1v) is 6.50. The molecule has 18 heavy (non-hydrogen) atoms. The van der Waals surface area contributed by atoms with Gasteiger partial charge in [0.1, 0.15) is 0 Å². The van der Waals surface area contributed by atoms with E-state index >= 15 is 0 Å². The molecule has 1 fully saturated rings. The Kier molecular flexibility index (Phi) is 3.87. The number of hydrogen-bond donors (Lipinski definition) is 2. The van der Waals surface area contributed by atoms with Crippen molar-refractivity contribution in [2.45, 2.75) is 25.8 Å². The fourth-order valence-electron chi connectivity index (χ4n) is 2.84. The Morgan fingerprint density at radius 2 is 2.17 bits per heavy atom. The average molecular weight is 247 g/mol. The lowest BCUT2D eigenvalue weighted by Gasteiger charge is -2.41. The summed E-state index contributed by atoms with van der Waals surface area (Å²) in [5.41, 5.74) is 12.8. The molecule has 4 heteroatoms. The SMILES string of the molecule is CC1CCCN(c2ccccc2C(N)=O)C1CN. The maximum Gasteiger partial charge on any atom is 0.250 e. The van der Waals surface area contributed by atoms with Gasteiger partial charge < -0.3 is 16.4 Å². The van der Waals surface area contributed by atoms with Gasteiger partial charge in [0.2, 0.25) is 0 Å². The van der Waals surface area contributed by atoms with Crippen molar-refractivity contribution >= 4 is 11.6 Å². The predicted molar refractivity (Wildman–Crippen MR) is 73.5 cm³/mol. The van der Waals surface area contributed by atoms with Crippen molar-refractivity contribution in [3.8, 4) is 0 Å². The highest BCUT2D eigenvalue weighted by molar-refractivity contribution is 5.98. The van der Waals surface area contributed by atoms with Crippen molar-refractivity contribution in [2.24, 2.45) is 17.4 Å². The smallest absolute Gasteiger partial charge is 0.250 e. The number of hydrogen-bond acceptors (Lipinski definition) is 3. The molecule has 0 saturated carbocycles. The van der Waals surface area contributed by atoms with Gasteiger partial charge in [-0.15, -0.1) is 0 Å². The lowest BCUT2D eigenvalue weighted by atomic mass is 9.90. The Bertz CT molecular complexity index is 433. The van der Waals surface area contributed by atoms with Crippen molar-refractivity contribution in [3.63, 3.8) is 0 Å². The average Bonchev–Trinajstić information content (AvgIpc) is 2.38. The van der Waals surface area contributed by atoms with Crippen molar-refractivity contribution in [1.82, 2.24) is 0 Å². The molecule has 0 spiro atoms. The summed E-state index contributed by atoms with van der Waals surface area (Å²) in [5.74, 6) is 0.171. The molecule has 1 aromatic rings. The zero-order valence-electron chi connectivity index (χ0n) is 10.8. The van der Waals surface area contributed by atoms with Crippen LogP contribution in [0, 0.1) is 5.92 Å². The van der Waals surface area contributed by atoms with Crippen molar-refractivity contribution < 1.29 is 4.79 Å². The molecule has 1 heterocycles. The summed E-state index contributed by atoms with van der Waals surface area (Å²) in [6.07, 6.45) is 2.32. The number of nitrogens with two attached hydrogens (primary N) is 2. The standard InChI is InChI=1S/C14H21N3O/c1-10-5-4-8-17(13(10)9-15)12-7-3-2-6-11(12)14(16)18/h2-3,6-7,10,13H,4-5,8-9,15H2,1H3,(H2,16,18). The number of piperidine rings is 1. The third-order valence-corrected chi connectivity index (χ3v) is 3.84. The second kappa shape index (κ2) is 5.40. The second-order valence-electron chi connectivity index (χ2n) is 5.00. The van der Waals surface area contributed by atoms with E-state index in [1.807, 2.05) is 18.2 Å². The molecule has 98 valence electrons. The molecule has 0 radical (unpaired) electrons. The van der Waals surface area contributed by atoms with Crippen LogP contribution in [0.25, 0.3) is 0 Å². The first kappa shape index (κ1) is 12.9. The third kappa shape index (κ3) is 2.34. The van der Waals surface area contributed by atoms with Crippen LogP contribution >= 0.6 is 0 Å². The van der Waals surface area contributed by atoms with Crippen molar-refractivity contribution in [1.29, 1.82) is 0 Å². The first-order chi connectivity index (χ1) is 8.65. The van der Waals surface area contributed by atoms with Crippen LogP contribution in [0.3, 0.4) is 0 Å². The van der Waals surface area contributed by atoms with Crippen LogP contribution in [0.1, 0.15) is 30.1 Å². The van der Waals surface area contributed by atoms with E-state index in [0.29, 0.717) is 24.1 Å². The van der Waals surface area contributed by atoms with E-state index in [4.69, 9.17) is 11.5 Å². The maximum atomic E-state index is 11.5. The minimum atomic E-state index is -0.375. The molecule has 4 nitrogen and oxygen atoms in total. The number of nitrogens with zero attached hydrogens (tertiary/aromatic N) is 1. The summed E-state index contributed by atoms with van der Waals surface area (Å²) in [6.45, 7) is 3.77. The zero-order chi connectivity index (χ0) is 13.1. The van der Waals surface area contributed by atoms with E-state index in [9.17, 15) is 4.79 Å². The third-order valence-electron chi connectivity index (χ3n) is 3.84. The molecule has 0 aromatic heterocycles. The number of carbonyl (C=O) groups is 1. The number of rotatable bonds is 3. The van der Waals surface area contributed by atoms with Crippen LogP contribution in [0.5, 0.6) is 0 Å². The lowest BCUT2D eigenvalue weighted by molar-refractivity contribution is 0.100. The molecule has 1 saturated heterocycles. The molecular formula is C14H21N3O. The summed E-state index contributed by atoms with van der Waals surface area (Å²) in [4.78, 5) is 13.7. The van der Waals surface area contributed by atoms with E-state index in [1.54, 1.807) is 6.07 Å². The quantitative estimate of drug-likeness (QED) is 0.847. The predicted octanol–water partition coefficient (Wildman–Crippen LogP) is 1.35. The highest BCUT2D eigenvalue weighted by Crippen LogP contribution is 2.30. The molecule has 1 amide bonds. The summed E-state index contributed by atoms with van der Waals surface area (Å²) >= 11 is 0. The van der Waals surface area contributed by atoms with Gasteiger partial charge in [-0.05, 0) is 30.9 Å². The van der Waals surface area contributed by atoms with Gasteiger partial charge in [0, 0.05) is 24.8 Å². The van der Waals surface area contributed by atoms with Gasteiger partial charge in [-0.25, -0.2) is 0 Å². The topological polar surface area (TPSA) is 72.3 Å². The van der Waals surface area contributed by atoms with Crippen LogP contribution in [0.2, 0.25) is 0 Å². The molecule has 2 atom stereocenters. The molecule has 4 N–H and O–H groups in total. The second-order valence-corrected chi connectivity index (χ2v) is 5.00. The first-order valence-electron chi connectivity index (χ1n) is 6.50. The normalized spacial score (nSPS) is 24.0. The van der Waals surface area contributed by atoms with Crippen LogP contribution in [-0.2, 0) is 0 Å². The van der Waals surface area contributed by atoms with Gasteiger partial charge in [0.15, 0.2) is 0 Å². The summed E-state index contributed by atoms with van der Waals surface area (Å²) in [5, 5.41) is 0. The van der Waals surface area contributed by atoms with Gasteiger partial charge in [-0.3, -0.25) is 4.79 Å². The van der Waals surface area contributed by atoms with Gasteiger partial charge >= 0.3 is 0 Å². The Labute approximate surface area is 108 Å². The Balaban J connectivity index is 2.37. The summed E-state index contributed by atoms with van der Waals surface area (Å²) in [7, 11) is 0. The number of amides is 1. The van der Waals surface area contributed by atoms with E-state index in [1.165, 1.54) is 6.42 Å². The Morgan fingerprint density at radius 3 is 2.83 bits per heavy atom. The molecule has 1 aliphatic heterocycles. The number of carbonyl (C=O) groups excluding carboxylic acids is 1. The number of anilines is 1. The minimum absolute atomic E-state index is 0.291. The van der Waals surface area contributed by atoms with Crippen LogP contribution in [-0.4, -0.2) is 25.0 Å². The van der Waals surface area contributed by atoms with Crippen molar-refractivity contribution in [2.75, 3.05) is 18.0 Å². The molecule has 2 unspecified atom stereocenters. The Hall–Kier alpha value is -1.55. The van der Waals surface area contributed by atoms with Crippen molar-refractivity contribution in [3.05, 3.63) is 29.8 Å². The number of benzene rings is 1. The van der Waals surface area contributed by atoms with E-state index in [-0.39, 0.29) is 5.91 Å². The lowest BCUT2D eigenvalue weighted by Crippen LogP contribution is -2.49. The summed E-state index contributed by atoms with van der Waals surface area (Å²) in [6, 6.07) is 7.81. The number of para-hydroxylation sites is 1. The fraction of sp³-hybridized carbons (Fsp3) is 0.500. The Morgan fingerprint density at radius 1 is 1.44 bits per heavy atom. The molecular weight excluding hydrogens is 226 g/mol. The fourth-order valence-corrected chi connectivity index (χ4v) is 2.84. The van der Waals surface area contributed by atoms with Gasteiger partial charge in [-0.2, -0.15) is 0 Å². The molecule has 1 aliphatic rings. The van der Waals surface area contributed by atoms with Gasteiger partial charge in [0.05, 0.1) is 5.56 Å². The largest absolute Gasteiger partial charge is 0.366 e. The summed E-state index contributed by atoms with van der Waals surface area (Å²) < 4.78 is 0. The molecule has 2 rings (SSSR count). The zero-order valence-corrected chi connectivity index (χ0v) is 10.8. The molecule has 0 aliphatic carbocycles. The monoisotopic (exact) mass is 247 g/mol. The molecule has 1 aromatic carbocycles. The highest BCUT2D eigenvalue weighted by atomic mass is 16.1. The molecule has 0 bridgehead atoms. The maximum absolute atomic E-state index is 11.5. The van der Waals surface area contributed by atoms with E-state index in [2.05, 4.69) is 11.8 Å². The minimum Gasteiger partial charge on any atom is -0.366 e. The van der Waals surface area contributed by atoms with Crippen LogP contribution in [0.15, 0.2) is 24.3 Å². The highest BCUT2D eigenvalue weighted by Gasteiger charge is 2.29. The van der Waals surface area contributed by atoms with Gasteiger partial charge in [-0.1, -0.05) is 19.1 Å².